The van der Waals surface area contributed by atoms with Crippen molar-refractivity contribution in [2.24, 2.45) is 0 Å². The second kappa shape index (κ2) is 8.71. The molecule has 0 bridgehead atoms. The number of thioether (sulfide) groups is 1. The van der Waals surface area contributed by atoms with Crippen LogP contribution in [-0.4, -0.2) is 67.0 Å². The highest BCUT2D eigenvalue weighted by molar-refractivity contribution is 7.99. The maximum atomic E-state index is 12.9. The lowest BCUT2D eigenvalue weighted by Crippen LogP contribution is -2.40. The van der Waals surface area contributed by atoms with Crippen LogP contribution in [0.5, 0.6) is 0 Å². The summed E-state index contributed by atoms with van der Waals surface area (Å²) in [5.74, 6) is 0.877. The Bertz CT molecular complexity index is 917. The van der Waals surface area contributed by atoms with Crippen molar-refractivity contribution in [1.82, 2.24) is 13.9 Å². The van der Waals surface area contributed by atoms with Crippen LogP contribution in [0.1, 0.15) is 26.2 Å². The second-order valence-electron chi connectivity index (χ2n) is 7.11. The minimum atomic E-state index is -3.52. The first-order valence-electron chi connectivity index (χ1n) is 9.92. The summed E-state index contributed by atoms with van der Waals surface area (Å²) in [5.41, 5.74) is 1.69. The Balaban J connectivity index is 1.58. The summed E-state index contributed by atoms with van der Waals surface area (Å²) < 4.78 is 40.6. The molecule has 2 aliphatic rings. The predicted octanol–water partition coefficient (Wildman–Crippen LogP) is 2.74. The van der Waals surface area contributed by atoms with Gasteiger partial charge in [0.2, 0.25) is 10.0 Å². The van der Waals surface area contributed by atoms with Crippen LogP contribution in [0.15, 0.2) is 28.3 Å². The third-order valence-corrected chi connectivity index (χ3v) is 8.28. The van der Waals surface area contributed by atoms with Crippen molar-refractivity contribution in [1.29, 1.82) is 0 Å². The van der Waals surface area contributed by atoms with Crippen molar-refractivity contribution in [3.8, 4) is 0 Å². The topological polar surface area (TPSA) is 73.7 Å². The SMILES string of the molecule is CCn1c(SC[C@@H]2CCCCO2)nc2cc(S(=O)(=O)N3CCOCC3)ccc21. The Morgan fingerprint density at radius 1 is 1.21 bits per heavy atom. The van der Waals surface area contributed by atoms with Crippen molar-refractivity contribution in [2.45, 2.75) is 48.9 Å². The van der Waals surface area contributed by atoms with Crippen molar-refractivity contribution < 1.29 is 17.9 Å². The van der Waals surface area contributed by atoms with Gasteiger partial charge < -0.3 is 14.0 Å². The lowest BCUT2D eigenvalue weighted by molar-refractivity contribution is 0.0315. The van der Waals surface area contributed by atoms with Crippen LogP contribution < -0.4 is 0 Å². The molecule has 9 heteroatoms. The van der Waals surface area contributed by atoms with E-state index in [-0.39, 0.29) is 6.10 Å². The fourth-order valence-electron chi connectivity index (χ4n) is 3.71. The number of hydrogen-bond acceptors (Lipinski definition) is 6. The van der Waals surface area contributed by atoms with Gasteiger partial charge in [-0.2, -0.15) is 4.31 Å². The fraction of sp³-hybridized carbons (Fsp3) is 0.632. The quantitative estimate of drug-likeness (QED) is 0.663. The van der Waals surface area contributed by atoms with Gasteiger partial charge in [0.25, 0.3) is 0 Å². The van der Waals surface area contributed by atoms with Gasteiger partial charge in [0.1, 0.15) is 0 Å². The van der Waals surface area contributed by atoms with Crippen molar-refractivity contribution in [3.63, 3.8) is 0 Å². The van der Waals surface area contributed by atoms with Crippen LogP contribution in [0.2, 0.25) is 0 Å². The molecule has 3 heterocycles. The Morgan fingerprint density at radius 3 is 2.75 bits per heavy atom. The molecule has 1 aromatic heterocycles. The van der Waals surface area contributed by atoms with Gasteiger partial charge >= 0.3 is 0 Å². The van der Waals surface area contributed by atoms with E-state index in [1.54, 1.807) is 23.9 Å². The number of hydrogen-bond donors (Lipinski definition) is 0. The predicted molar refractivity (Wildman–Crippen MR) is 109 cm³/mol. The molecule has 0 saturated carbocycles. The van der Waals surface area contributed by atoms with Gasteiger partial charge in [0, 0.05) is 32.0 Å². The molecule has 7 nitrogen and oxygen atoms in total. The van der Waals surface area contributed by atoms with Crippen molar-refractivity contribution in [3.05, 3.63) is 18.2 Å². The van der Waals surface area contributed by atoms with Crippen LogP contribution in [0.4, 0.5) is 0 Å². The normalized spacial score (nSPS) is 22.0. The number of nitrogens with zero attached hydrogens (tertiary/aromatic N) is 3. The summed E-state index contributed by atoms with van der Waals surface area (Å²) in [6, 6.07) is 5.27. The van der Waals surface area contributed by atoms with Gasteiger partial charge in [-0.15, -0.1) is 0 Å². The summed E-state index contributed by atoms with van der Waals surface area (Å²) in [6.45, 7) is 5.39. The first-order chi connectivity index (χ1) is 13.6. The van der Waals surface area contributed by atoms with Gasteiger partial charge in [0.15, 0.2) is 5.16 Å². The zero-order chi connectivity index (χ0) is 19.6. The first-order valence-corrected chi connectivity index (χ1v) is 12.3. The standard InChI is InChI=1S/C19H27N3O4S2/c1-2-22-18-7-6-16(28(23,24)21-8-11-25-12-9-21)13-17(18)20-19(22)27-14-15-5-3-4-10-26-15/h6-7,13,15H,2-5,8-12,14H2,1H3/t15-/m0/s1. The molecule has 154 valence electrons. The summed E-state index contributed by atoms with van der Waals surface area (Å²) in [7, 11) is -3.52. The van der Waals surface area contributed by atoms with Crippen LogP contribution >= 0.6 is 11.8 Å². The number of aromatic nitrogens is 2. The molecule has 2 aromatic rings. The molecule has 0 unspecified atom stereocenters. The lowest BCUT2D eigenvalue weighted by atomic mass is 10.1. The Morgan fingerprint density at radius 2 is 2.04 bits per heavy atom. The zero-order valence-corrected chi connectivity index (χ0v) is 17.8. The molecule has 1 atom stereocenters. The van der Waals surface area contributed by atoms with E-state index in [1.165, 1.54) is 10.7 Å². The number of fused-ring (bicyclic) bond motifs is 1. The van der Waals surface area contributed by atoms with E-state index >= 15 is 0 Å². The molecule has 0 amide bonds. The van der Waals surface area contributed by atoms with E-state index < -0.39 is 10.0 Å². The maximum Gasteiger partial charge on any atom is 0.243 e. The first kappa shape index (κ1) is 20.2. The van der Waals surface area contributed by atoms with Crippen LogP contribution in [-0.2, 0) is 26.0 Å². The Labute approximate surface area is 170 Å². The van der Waals surface area contributed by atoms with Gasteiger partial charge in [-0.3, -0.25) is 0 Å². The van der Waals surface area contributed by atoms with Crippen molar-refractivity contribution in [2.75, 3.05) is 38.7 Å². The Kier molecular flexibility index (Phi) is 6.27. The third-order valence-electron chi connectivity index (χ3n) is 5.28. The zero-order valence-electron chi connectivity index (χ0n) is 16.2. The number of morpholine rings is 1. The molecule has 4 rings (SSSR count). The van der Waals surface area contributed by atoms with E-state index in [2.05, 4.69) is 11.5 Å². The number of sulfonamides is 1. The molecule has 2 saturated heterocycles. The number of ether oxygens (including phenoxy) is 2. The molecule has 1 aromatic carbocycles. The fourth-order valence-corrected chi connectivity index (χ4v) is 6.28. The molecule has 0 N–H and O–H groups in total. The number of aryl methyl sites for hydroxylation is 1. The molecule has 28 heavy (non-hydrogen) atoms. The largest absolute Gasteiger partial charge is 0.379 e. The monoisotopic (exact) mass is 425 g/mol. The average molecular weight is 426 g/mol. The van der Waals surface area contributed by atoms with Gasteiger partial charge in [-0.25, -0.2) is 13.4 Å². The number of benzene rings is 1. The van der Waals surface area contributed by atoms with Crippen LogP contribution in [0.25, 0.3) is 11.0 Å². The lowest BCUT2D eigenvalue weighted by Gasteiger charge is -2.26. The summed E-state index contributed by atoms with van der Waals surface area (Å²) >= 11 is 1.70. The van der Waals surface area contributed by atoms with E-state index in [0.717, 1.165) is 47.9 Å². The maximum absolute atomic E-state index is 12.9. The van der Waals surface area contributed by atoms with E-state index in [9.17, 15) is 8.42 Å². The highest BCUT2D eigenvalue weighted by Gasteiger charge is 2.27. The van der Waals surface area contributed by atoms with Crippen LogP contribution in [0, 0.1) is 0 Å². The summed E-state index contributed by atoms with van der Waals surface area (Å²) in [5, 5.41) is 0.924. The molecular formula is C19H27N3O4S2. The molecule has 0 radical (unpaired) electrons. The average Bonchev–Trinajstić information content (AvgIpc) is 3.10. The molecule has 0 aliphatic carbocycles. The van der Waals surface area contributed by atoms with Gasteiger partial charge in [-0.05, 0) is 44.4 Å². The highest BCUT2D eigenvalue weighted by Crippen LogP contribution is 2.29. The minimum Gasteiger partial charge on any atom is -0.379 e. The molecular weight excluding hydrogens is 398 g/mol. The second-order valence-corrected chi connectivity index (χ2v) is 10.0. The smallest absolute Gasteiger partial charge is 0.243 e. The minimum absolute atomic E-state index is 0.279. The van der Waals surface area contributed by atoms with Gasteiger partial charge in [-0.1, -0.05) is 11.8 Å². The molecule has 0 spiro atoms. The molecule has 2 fully saturated rings. The van der Waals surface area contributed by atoms with Crippen LogP contribution in [0.3, 0.4) is 0 Å². The highest BCUT2D eigenvalue weighted by atomic mass is 32.2. The van der Waals surface area contributed by atoms with E-state index in [0.29, 0.717) is 31.2 Å². The van der Waals surface area contributed by atoms with Crippen molar-refractivity contribution >= 4 is 32.8 Å². The van der Waals surface area contributed by atoms with E-state index in [4.69, 9.17) is 14.5 Å². The summed E-state index contributed by atoms with van der Waals surface area (Å²) in [4.78, 5) is 5.05. The summed E-state index contributed by atoms with van der Waals surface area (Å²) in [6.07, 6.45) is 3.75. The molecule has 2 aliphatic heterocycles. The Hall–Kier alpha value is -1.13. The number of rotatable bonds is 6. The van der Waals surface area contributed by atoms with E-state index in [1.807, 2.05) is 6.07 Å². The van der Waals surface area contributed by atoms with Gasteiger partial charge in [0.05, 0.1) is 35.2 Å². The number of imidazole rings is 1. The third kappa shape index (κ3) is 4.09.